The number of carbonyl (C=O) groups excluding carboxylic acids is 1. The lowest BCUT2D eigenvalue weighted by Gasteiger charge is -2.11. The number of amides is 1. The molecule has 0 saturated carbocycles. The summed E-state index contributed by atoms with van der Waals surface area (Å²) >= 11 is 5.14. The van der Waals surface area contributed by atoms with Gasteiger partial charge in [-0.3, -0.25) is 14.2 Å². The average molecular weight is 277 g/mol. The Balaban J connectivity index is 2.73. The number of nitrogens with one attached hydrogen (secondary N) is 1. The number of aromatic nitrogens is 2. The summed E-state index contributed by atoms with van der Waals surface area (Å²) in [4.78, 5) is 28.5. The lowest BCUT2D eigenvalue weighted by atomic mass is 10.1. The molecule has 1 aromatic heterocycles. The highest BCUT2D eigenvalue weighted by Gasteiger charge is 2.10. The van der Waals surface area contributed by atoms with Gasteiger partial charge in [0.25, 0.3) is 11.5 Å². The lowest BCUT2D eigenvalue weighted by Crippen LogP contribution is -2.23. The van der Waals surface area contributed by atoms with Crippen LogP contribution in [0, 0.1) is 4.77 Å². The van der Waals surface area contributed by atoms with E-state index >= 15 is 0 Å². The van der Waals surface area contributed by atoms with Crippen molar-refractivity contribution < 1.29 is 4.79 Å². The van der Waals surface area contributed by atoms with Crippen LogP contribution in [0.1, 0.15) is 17.3 Å². The normalized spacial score (nSPS) is 10.7. The molecule has 0 radical (unpaired) electrons. The third-order valence-corrected chi connectivity index (χ3v) is 3.27. The fourth-order valence-electron chi connectivity index (χ4n) is 1.93. The van der Waals surface area contributed by atoms with Gasteiger partial charge in [0, 0.05) is 26.2 Å². The van der Waals surface area contributed by atoms with E-state index in [1.807, 2.05) is 6.92 Å². The molecule has 0 unspecified atom stereocenters. The first-order chi connectivity index (χ1) is 8.95. The maximum atomic E-state index is 12.2. The Bertz CT molecular complexity index is 759. The molecule has 0 saturated heterocycles. The van der Waals surface area contributed by atoms with Crippen molar-refractivity contribution in [2.24, 2.45) is 0 Å². The quantitative estimate of drug-likeness (QED) is 0.851. The van der Waals surface area contributed by atoms with Gasteiger partial charge >= 0.3 is 0 Å². The molecule has 1 amide bonds. The van der Waals surface area contributed by atoms with Crippen molar-refractivity contribution in [2.45, 2.75) is 13.5 Å². The predicted octanol–water partition coefficient (Wildman–Crippen LogP) is 1.78. The van der Waals surface area contributed by atoms with Crippen molar-refractivity contribution in [2.75, 3.05) is 14.1 Å². The Morgan fingerprint density at radius 2 is 2.11 bits per heavy atom. The van der Waals surface area contributed by atoms with Gasteiger partial charge in [-0.15, -0.1) is 0 Å². The van der Waals surface area contributed by atoms with E-state index < -0.39 is 0 Å². The molecule has 2 rings (SSSR count). The summed E-state index contributed by atoms with van der Waals surface area (Å²) in [6.07, 6.45) is 0. The Hall–Kier alpha value is -1.95. The van der Waals surface area contributed by atoms with E-state index in [9.17, 15) is 9.59 Å². The zero-order chi connectivity index (χ0) is 14.2. The number of rotatable bonds is 2. The second-order valence-electron chi connectivity index (χ2n) is 4.44. The number of fused-ring (bicyclic) bond motifs is 1. The predicted molar refractivity (Wildman–Crippen MR) is 77.1 cm³/mol. The van der Waals surface area contributed by atoms with Crippen molar-refractivity contribution in [3.63, 3.8) is 0 Å². The van der Waals surface area contributed by atoms with Gasteiger partial charge in [0.2, 0.25) is 0 Å². The molecule has 0 fully saturated rings. The fourth-order valence-corrected chi connectivity index (χ4v) is 2.25. The van der Waals surface area contributed by atoms with Crippen LogP contribution < -0.4 is 5.56 Å². The van der Waals surface area contributed by atoms with Gasteiger partial charge in [-0.1, -0.05) is 0 Å². The molecule has 1 N–H and O–H groups in total. The summed E-state index contributed by atoms with van der Waals surface area (Å²) in [6, 6.07) is 4.98. The number of aromatic amines is 1. The first-order valence-corrected chi connectivity index (χ1v) is 6.35. The number of hydrogen-bond acceptors (Lipinski definition) is 3. The zero-order valence-corrected chi connectivity index (χ0v) is 11.9. The van der Waals surface area contributed by atoms with Gasteiger partial charge in [0.1, 0.15) is 0 Å². The van der Waals surface area contributed by atoms with Gasteiger partial charge < -0.3 is 9.88 Å². The van der Waals surface area contributed by atoms with Crippen molar-refractivity contribution in [1.29, 1.82) is 0 Å². The Labute approximate surface area is 115 Å². The molecular formula is C13H15N3O2S. The number of benzene rings is 1. The van der Waals surface area contributed by atoms with Gasteiger partial charge in [0.05, 0.1) is 10.9 Å². The molecular weight excluding hydrogens is 262 g/mol. The van der Waals surface area contributed by atoms with Gasteiger partial charge in [0.15, 0.2) is 4.77 Å². The maximum Gasteiger partial charge on any atom is 0.262 e. The third-order valence-electron chi connectivity index (χ3n) is 2.95. The lowest BCUT2D eigenvalue weighted by molar-refractivity contribution is 0.0828. The zero-order valence-electron chi connectivity index (χ0n) is 11.1. The van der Waals surface area contributed by atoms with E-state index in [0.717, 1.165) is 0 Å². The van der Waals surface area contributed by atoms with Gasteiger partial charge in [-0.25, -0.2) is 0 Å². The molecule has 0 spiro atoms. The minimum absolute atomic E-state index is 0.110. The summed E-state index contributed by atoms with van der Waals surface area (Å²) < 4.78 is 1.86. The van der Waals surface area contributed by atoms with Crippen LogP contribution in [0.25, 0.3) is 10.9 Å². The monoisotopic (exact) mass is 277 g/mol. The fraction of sp³-hybridized carbons (Fsp3) is 0.308. The molecule has 1 aromatic carbocycles. The standard InChI is InChI=1S/C13H15N3O2S/c1-4-16-12(18)9-6-5-8(11(17)15(2)3)7-10(9)14-13(16)19/h5-7H,4H2,1-3H3,(H,14,19). The average Bonchev–Trinajstić information content (AvgIpc) is 2.37. The summed E-state index contributed by atoms with van der Waals surface area (Å²) in [5.41, 5.74) is 0.981. The highest BCUT2D eigenvalue weighted by Crippen LogP contribution is 2.12. The smallest absolute Gasteiger partial charge is 0.262 e. The molecule has 0 aliphatic carbocycles. The van der Waals surface area contributed by atoms with E-state index in [1.165, 1.54) is 9.47 Å². The van der Waals surface area contributed by atoms with Crippen LogP contribution in [-0.4, -0.2) is 34.5 Å². The number of nitrogens with zero attached hydrogens (tertiary/aromatic N) is 2. The third kappa shape index (κ3) is 2.31. The summed E-state index contributed by atoms with van der Waals surface area (Å²) in [7, 11) is 3.37. The van der Waals surface area contributed by atoms with E-state index in [0.29, 0.717) is 27.8 Å². The van der Waals surface area contributed by atoms with Crippen molar-refractivity contribution in [3.8, 4) is 0 Å². The maximum absolute atomic E-state index is 12.2. The number of carbonyl (C=O) groups is 1. The largest absolute Gasteiger partial charge is 0.345 e. The molecule has 0 aliphatic rings. The van der Waals surface area contributed by atoms with Crippen LogP contribution in [0.3, 0.4) is 0 Å². The minimum Gasteiger partial charge on any atom is -0.345 e. The molecule has 0 bridgehead atoms. The van der Waals surface area contributed by atoms with Crippen LogP contribution >= 0.6 is 12.2 Å². The molecule has 0 aliphatic heterocycles. The van der Waals surface area contributed by atoms with Crippen LogP contribution in [-0.2, 0) is 6.54 Å². The van der Waals surface area contributed by atoms with Crippen LogP contribution in [0.5, 0.6) is 0 Å². The van der Waals surface area contributed by atoms with Crippen molar-refractivity contribution in [3.05, 3.63) is 38.9 Å². The molecule has 2 aromatic rings. The second-order valence-corrected chi connectivity index (χ2v) is 4.83. The van der Waals surface area contributed by atoms with Crippen LogP contribution in [0.15, 0.2) is 23.0 Å². The Morgan fingerprint density at radius 3 is 2.68 bits per heavy atom. The Morgan fingerprint density at radius 1 is 1.42 bits per heavy atom. The van der Waals surface area contributed by atoms with Gasteiger partial charge in [-0.05, 0) is 37.3 Å². The second kappa shape index (κ2) is 4.97. The van der Waals surface area contributed by atoms with E-state index in [-0.39, 0.29) is 11.5 Å². The van der Waals surface area contributed by atoms with E-state index in [4.69, 9.17) is 12.2 Å². The highest BCUT2D eigenvalue weighted by molar-refractivity contribution is 7.71. The molecule has 100 valence electrons. The molecule has 6 heteroatoms. The van der Waals surface area contributed by atoms with Crippen molar-refractivity contribution in [1.82, 2.24) is 14.5 Å². The van der Waals surface area contributed by atoms with E-state index in [1.54, 1.807) is 32.3 Å². The molecule has 5 nitrogen and oxygen atoms in total. The first-order valence-electron chi connectivity index (χ1n) is 5.94. The van der Waals surface area contributed by atoms with Gasteiger partial charge in [-0.2, -0.15) is 0 Å². The summed E-state index contributed by atoms with van der Waals surface area (Å²) in [5.74, 6) is -0.110. The number of hydrogen-bond donors (Lipinski definition) is 1. The Kier molecular flexibility index (Phi) is 3.53. The minimum atomic E-state index is -0.134. The number of H-pyrrole nitrogens is 1. The topological polar surface area (TPSA) is 58.1 Å². The summed E-state index contributed by atoms with van der Waals surface area (Å²) in [6.45, 7) is 2.38. The molecule has 19 heavy (non-hydrogen) atoms. The summed E-state index contributed by atoms with van der Waals surface area (Å²) in [5, 5.41) is 0.533. The highest BCUT2D eigenvalue weighted by atomic mass is 32.1. The first kappa shape index (κ1) is 13.5. The van der Waals surface area contributed by atoms with Crippen LogP contribution in [0.4, 0.5) is 0 Å². The van der Waals surface area contributed by atoms with Crippen LogP contribution in [0.2, 0.25) is 0 Å². The van der Waals surface area contributed by atoms with Crippen molar-refractivity contribution >= 4 is 29.0 Å². The molecule has 0 atom stereocenters. The SMILES string of the molecule is CCn1c(=S)[nH]c2cc(C(=O)N(C)C)ccc2c1=O. The molecule has 1 heterocycles. The van der Waals surface area contributed by atoms with E-state index in [2.05, 4.69) is 4.98 Å².